The zero-order valence-corrected chi connectivity index (χ0v) is 9.49. The highest BCUT2D eigenvalue weighted by Crippen LogP contribution is 2.30. The predicted octanol–water partition coefficient (Wildman–Crippen LogP) is 1.57. The van der Waals surface area contributed by atoms with Gasteiger partial charge in [-0.1, -0.05) is 0 Å². The van der Waals surface area contributed by atoms with E-state index >= 15 is 0 Å². The fourth-order valence-corrected chi connectivity index (χ4v) is 2.03. The standard InChI is InChI=1S/C12H15NO3/c1-7-5-10(14)13(6-9-3-4-9)8(2)11(7)12(15)16/h5,9H,3-4,6H2,1-2H3,(H,15,16). The van der Waals surface area contributed by atoms with Crippen LogP contribution in [0.5, 0.6) is 0 Å². The average Bonchev–Trinajstić information content (AvgIpc) is 2.94. The lowest BCUT2D eigenvalue weighted by Crippen LogP contribution is -2.26. The molecule has 1 N–H and O–H groups in total. The van der Waals surface area contributed by atoms with Crippen LogP contribution in [-0.2, 0) is 6.54 Å². The lowest BCUT2D eigenvalue weighted by molar-refractivity contribution is 0.0694. The monoisotopic (exact) mass is 221 g/mol. The molecule has 1 aromatic rings. The fourth-order valence-electron chi connectivity index (χ4n) is 2.03. The number of carboxylic acid groups (broad SMARTS) is 1. The van der Waals surface area contributed by atoms with E-state index in [-0.39, 0.29) is 11.1 Å². The normalized spacial score (nSPS) is 15.1. The van der Waals surface area contributed by atoms with Gasteiger partial charge in [0.05, 0.1) is 5.56 Å². The molecule has 1 aromatic heterocycles. The highest BCUT2D eigenvalue weighted by atomic mass is 16.4. The van der Waals surface area contributed by atoms with E-state index in [4.69, 9.17) is 5.11 Å². The molecule has 1 aliphatic carbocycles. The first kappa shape index (κ1) is 10.9. The first-order valence-corrected chi connectivity index (χ1v) is 5.45. The van der Waals surface area contributed by atoms with E-state index in [1.54, 1.807) is 18.4 Å². The number of pyridine rings is 1. The molecule has 0 aliphatic heterocycles. The summed E-state index contributed by atoms with van der Waals surface area (Å²) in [5.74, 6) is -0.403. The smallest absolute Gasteiger partial charge is 0.337 e. The van der Waals surface area contributed by atoms with Crippen molar-refractivity contribution in [3.05, 3.63) is 33.2 Å². The molecule has 0 saturated heterocycles. The molecule has 86 valence electrons. The predicted molar refractivity (Wildman–Crippen MR) is 59.9 cm³/mol. The van der Waals surface area contributed by atoms with Crippen LogP contribution >= 0.6 is 0 Å². The first-order valence-electron chi connectivity index (χ1n) is 5.45. The van der Waals surface area contributed by atoms with Gasteiger partial charge in [0.15, 0.2) is 0 Å². The van der Waals surface area contributed by atoms with E-state index in [2.05, 4.69) is 0 Å². The molecule has 2 rings (SSSR count). The van der Waals surface area contributed by atoms with Crippen LogP contribution in [0.1, 0.15) is 34.5 Å². The number of carboxylic acids is 1. The Morgan fingerprint density at radius 2 is 2.12 bits per heavy atom. The lowest BCUT2D eigenvalue weighted by Gasteiger charge is -2.13. The Morgan fingerprint density at radius 3 is 2.62 bits per heavy atom. The van der Waals surface area contributed by atoms with Crippen LogP contribution in [0.15, 0.2) is 10.9 Å². The van der Waals surface area contributed by atoms with Crippen molar-refractivity contribution in [3.63, 3.8) is 0 Å². The van der Waals surface area contributed by atoms with Crippen molar-refractivity contribution in [2.45, 2.75) is 33.2 Å². The molecule has 4 nitrogen and oxygen atoms in total. The topological polar surface area (TPSA) is 59.3 Å². The highest BCUT2D eigenvalue weighted by Gasteiger charge is 2.24. The third kappa shape index (κ3) is 1.87. The van der Waals surface area contributed by atoms with Crippen molar-refractivity contribution < 1.29 is 9.90 Å². The van der Waals surface area contributed by atoms with E-state index in [1.165, 1.54) is 6.07 Å². The molecule has 1 fully saturated rings. The van der Waals surface area contributed by atoms with Crippen molar-refractivity contribution in [1.29, 1.82) is 0 Å². The molecule has 1 saturated carbocycles. The molecule has 1 aliphatic rings. The number of rotatable bonds is 3. The quantitative estimate of drug-likeness (QED) is 0.842. The van der Waals surface area contributed by atoms with Crippen LogP contribution < -0.4 is 5.56 Å². The Hall–Kier alpha value is -1.58. The molecule has 16 heavy (non-hydrogen) atoms. The molecule has 0 radical (unpaired) electrons. The third-order valence-corrected chi connectivity index (χ3v) is 3.12. The second-order valence-electron chi connectivity index (χ2n) is 4.49. The molecular formula is C12H15NO3. The zero-order chi connectivity index (χ0) is 11.9. The maximum atomic E-state index is 11.8. The molecule has 0 aromatic carbocycles. The molecule has 0 unspecified atom stereocenters. The Labute approximate surface area is 93.5 Å². The van der Waals surface area contributed by atoms with E-state index in [9.17, 15) is 9.59 Å². The molecular weight excluding hydrogens is 206 g/mol. The number of nitrogens with zero attached hydrogens (tertiary/aromatic N) is 1. The van der Waals surface area contributed by atoms with Gasteiger partial charge in [-0.15, -0.1) is 0 Å². The maximum Gasteiger partial charge on any atom is 0.337 e. The Kier molecular flexibility index (Phi) is 2.58. The lowest BCUT2D eigenvalue weighted by atomic mass is 10.1. The van der Waals surface area contributed by atoms with Crippen LogP contribution in [0, 0.1) is 19.8 Å². The van der Waals surface area contributed by atoms with Crippen LogP contribution in [0.4, 0.5) is 0 Å². The number of aryl methyl sites for hydroxylation is 1. The third-order valence-electron chi connectivity index (χ3n) is 3.12. The number of aromatic nitrogens is 1. The summed E-state index contributed by atoms with van der Waals surface area (Å²) in [5.41, 5.74) is 1.29. The fraction of sp³-hybridized carbons (Fsp3) is 0.500. The van der Waals surface area contributed by atoms with E-state index < -0.39 is 5.97 Å². The Bertz CT molecular complexity index is 498. The van der Waals surface area contributed by atoms with E-state index in [1.807, 2.05) is 0 Å². The number of aromatic carboxylic acids is 1. The summed E-state index contributed by atoms with van der Waals surface area (Å²) in [4.78, 5) is 22.9. The molecule has 0 bridgehead atoms. The first-order chi connectivity index (χ1) is 7.50. The number of carbonyl (C=O) groups is 1. The van der Waals surface area contributed by atoms with Gasteiger partial charge in [0, 0.05) is 18.3 Å². The second kappa shape index (κ2) is 3.77. The van der Waals surface area contributed by atoms with Crippen LogP contribution in [0.3, 0.4) is 0 Å². The number of hydrogen-bond donors (Lipinski definition) is 1. The maximum absolute atomic E-state index is 11.8. The van der Waals surface area contributed by atoms with Crippen LogP contribution in [0.25, 0.3) is 0 Å². The number of hydrogen-bond acceptors (Lipinski definition) is 2. The molecule has 1 heterocycles. The van der Waals surface area contributed by atoms with Crippen molar-refractivity contribution in [2.75, 3.05) is 0 Å². The Balaban J connectivity index is 2.54. The van der Waals surface area contributed by atoms with Gasteiger partial charge in [-0.2, -0.15) is 0 Å². The summed E-state index contributed by atoms with van der Waals surface area (Å²) < 4.78 is 1.59. The average molecular weight is 221 g/mol. The minimum Gasteiger partial charge on any atom is -0.478 e. The summed E-state index contributed by atoms with van der Waals surface area (Å²) in [7, 11) is 0. The van der Waals surface area contributed by atoms with Gasteiger partial charge < -0.3 is 9.67 Å². The summed E-state index contributed by atoms with van der Waals surface area (Å²) >= 11 is 0. The van der Waals surface area contributed by atoms with Crippen LogP contribution in [-0.4, -0.2) is 15.6 Å². The van der Waals surface area contributed by atoms with Crippen molar-refractivity contribution in [3.8, 4) is 0 Å². The van der Waals surface area contributed by atoms with Gasteiger partial charge in [0.25, 0.3) is 5.56 Å². The second-order valence-corrected chi connectivity index (χ2v) is 4.49. The van der Waals surface area contributed by atoms with E-state index in [0.717, 1.165) is 12.8 Å². The summed E-state index contributed by atoms with van der Waals surface area (Å²) in [6.07, 6.45) is 2.28. The van der Waals surface area contributed by atoms with Gasteiger partial charge in [-0.25, -0.2) is 4.79 Å². The van der Waals surface area contributed by atoms with Crippen molar-refractivity contribution in [1.82, 2.24) is 4.57 Å². The van der Waals surface area contributed by atoms with Gasteiger partial charge in [0.1, 0.15) is 0 Å². The van der Waals surface area contributed by atoms with Gasteiger partial charge in [-0.05, 0) is 38.2 Å². The SMILES string of the molecule is Cc1cc(=O)n(CC2CC2)c(C)c1C(=O)O. The van der Waals surface area contributed by atoms with Gasteiger partial charge in [-0.3, -0.25) is 4.79 Å². The van der Waals surface area contributed by atoms with Crippen LogP contribution in [0.2, 0.25) is 0 Å². The van der Waals surface area contributed by atoms with Crippen molar-refractivity contribution >= 4 is 5.97 Å². The summed E-state index contributed by atoms with van der Waals surface area (Å²) in [5, 5.41) is 9.10. The zero-order valence-electron chi connectivity index (χ0n) is 9.49. The molecule has 0 spiro atoms. The van der Waals surface area contributed by atoms with E-state index in [0.29, 0.717) is 23.7 Å². The highest BCUT2D eigenvalue weighted by molar-refractivity contribution is 5.90. The molecule has 0 amide bonds. The minimum absolute atomic E-state index is 0.0908. The van der Waals surface area contributed by atoms with Gasteiger partial charge in [0.2, 0.25) is 0 Å². The summed E-state index contributed by atoms with van der Waals surface area (Å²) in [6.45, 7) is 4.03. The van der Waals surface area contributed by atoms with Crippen molar-refractivity contribution in [2.24, 2.45) is 5.92 Å². The molecule has 0 atom stereocenters. The minimum atomic E-state index is -0.959. The largest absolute Gasteiger partial charge is 0.478 e. The Morgan fingerprint density at radius 1 is 1.50 bits per heavy atom. The van der Waals surface area contributed by atoms with Gasteiger partial charge >= 0.3 is 5.97 Å². The summed E-state index contributed by atoms with van der Waals surface area (Å²) in [6, 6.07) is 1.42. The molecule has 4 heteroatoms.